The second-order valence-corrected chi connectivity index (χ2v) is 11.7. The highest BCUT2D eigenvalue weighted by molar-refractivity contribution is 7.91. The van der Waals surface area contributed by atoms with Gasteiger partial charge in [0, 0.05) is 38.0 Å². The molecule has 1 aromatic heterocycles. The van der Waals surface area contributed by atoms with Crippen LogP contribution in [-0.2, 0) is 25.9 Å². The van der Waals surface area contributed by atoms with Gasteiger partial charge in [-0.1, -0.05) is 13.0 Å². The first-order valence-electron chi connectivity index (χ1n) is 11.9. The van der Waals surface area contributed by atoms with E-state index in [2.05, 4.69) is 14.9 Å². The van der Waals surface area contributed by atoms with Gasteiger partial charge in [0.05, 0.1) is 36.4 Å². The van der Waals surface area contributed by atoms with Crippen molar-refractivity contribution in [2.75, 3.05) is 36.8 Å². The summed E-state index contributed by atoms with van der Waals surface area (Å²) in [6.07, 6.45) is 2.36. The zero-order valence-electron chi connectivity index (χ0n) is 20.1. The lowest BCUT2D eigenvalue weighted by Crippen LogP contribution is -2.47. The largest absolute Gasteiger partial charge is 0.457 e. The van der Waals surface area contributed by atoms with E-state index in [9.17, 15) is 23.1 Å². The Labute approximate surface area is 209 Å². The van der Waals surface area contributed by atoms with Crippen LogP contribution in [0.5, 0.6) is 0 Å². The summed E-state index contributed by atoms with van der Waals surface area (Å²) in [5.41, 5.74) is 2.37. The van der Waals surface area contributed by atoms with E-state index in [1.54, 1.807) is 12.1 Å². The monoisotopic (exact) mass is 516 g/mol. The van der Waals surface area contributed by atoms with Crippen molar-refractivity contribution in [3.05, 3.63) is 46.8 Å². The molecule has 1 atom stereocenters. The van der Waals surface area contributed by atoms with Gasteiger partial charge in [0.15, 0.2) is 20.7 Å². The number of fused-ring (bicyclic) bond motifs is 1. The number of carbonyl (C=O) groups excluding carboxylic acids is 2. The van der Waals surface area contributed by atoms with Crippen LogP contribution in [0.3, 0.4) is 0 Å². The van der Waals surface area contributed by atoms with Gasteiger partial charge in [0.2, 0.25) is 0 Å². The summed E-state index contributed by atoms with van der Waals surface area (Å²) in [4.78, 5) is 36.0. The molecule has 2 saturated heterocycles. The van der Waals surface area contributed by atoms with E-state index in [1.807, 2.05) is 6.92 Å². The van der Waals surface area contributed by atoms with Gasteiger partial charge >= 0.3 is 12.1 Å². The van der Waals surface area contributed by atoms with Crippen molar-refractivity contribution in [3.8, 4) is 0 Å². The van der Waals surface area contributed by atoms with Gasteiger partial charge in [-0.05, 0) is 24.1 Å². The third-order valence-electron chi connectivity index (χ3n) is 7.33. The second kappa shape index (κ2) is 9.09. The van der Waals surface area contributed by atoms with Crippen LogP contribution in [-0.4, -0.2) is 78.0 Å². The summed E-state index contributed by atoms with van der Waals surface area (Å²) in [5.74, 6) is -0.163. The zero-order valence-corrected chi connectivity index (χ0v) is 21.0. The number of aromatic nitrogens is 2. The number of esters is 1. The summed E-state index contributed by atoms with van der Waals surface area (Å²) in [5, 5.41) is 10.8. The molecule has 1 N–H and O–H groups in total. The molecule has 1 spiro atoms. The van der Waals surface area contributed by atoms with Gasteiger partial charge in [-0.3, -0.25) is 4.90 Å². The fraction of sp³-hybridized carbons (Fsp3) is 0.500. The van der Waals surface area contributed by atoms with E-state index < -0.39 is 27.6 Å². The minimum atomic E-state index is -3.48. The third-order valence-corrected chi connectivity index (χ3v) is 8.93. The van der Waals surface area contributed by atoms with Crippen LogP contribution < -0.4 is 4.90 Å². The van der Waals surface area contributed by atoms with Crippen molar-refractivity contribution in [2.24, 2.45) is 0 Å². The number of piperidine rings is 1. The van der Waals surface area contributed by atoms with Gasteiger partial charge in [-0.25, -0.2) is 28.0 Å². The Morgan fingerprint density at radius 1 is 1.17 bits per heavy atom. The number of aliphatic hydroxyl groups is 1. The SMILES string of the molecule is CCS(=O)(=O)c1cnc(N2CC3(CCN(CC(O)c4ccc5c(c4C)COC5=O)CC3)OC2=O)cn1. The lowest BCUT2D eigenvalue weighted by Gasteiger charge is -2.38. The van der Waals surface area contributed by atoms with E-state index in [4.69, 9.17) is 9.47 Å². The average molecular weight is 517 g/mol. The lowest BCUT2D eigenvalue weighted by molar-refractivity contribution is -0.00987. The summed E-state index contributed by atoms with van der Waals surface area (Å²) in [7, 11) is -3.48. The first kappa shape index (κ1) is 24.6. The molecule has 192 valence electrons. The molecule has 11 nitrogen and oxygen atoms in total. The number of amides is 1. The number of benzene rings is 1. The number of hydrogen-bond donors (Lipinski definition) is 1. The number of sulfone groups is 1. The fourth-order valence-corrected chi connectivity index (χ4v) is 5.75. The van der Waals surface area contributed by atoms with Crippen molar-refractivity contribution >= 4 is 27.7 Å². The normalized spacial score (nSPS) is 20.4. The average Bonchev–Trinajstić information content (AvgIpc) is 3.41. The number of likely N-dealkylation sites (tertiary alicyclic amines) is 1. The molecular formula is C24H28N4O7S. The van der Waals surface area contributed by atoms with E-state index in [0.717, 1.165) is 16.7 Å². The lowest BCUT2D eigenvalue weighted by atomic mass is 9.90. The molecule has 1 unspecified atom stereocenters. The van der Waals surface area contributed by atoms with Crippen molar-refractivity contribution < 1.29 is 32.6 Å². The van der Waals surface area contributed by atoms with E-state index >= 15 is 0 Å². The summed E-state index contributed by atoms with van der Waals surface area (Å²) in [6, 6.07) is 3.49. The van der Waals surface area contributed by atoms with Gasteiger partial charge in [0.1, 0.15) is 12.2 Å². The minimum absolute atomic E-state index is 0.0821. The Hall–Kier alpha value is -3.09. The number of aliphatic hydroxyl groups excluding tert-OH is 1. The van der Waals surface area contributed by atoms with Crippen LogP contribution in [0.25, 0.3) is 0 Å². The smallest absolute Gasteiger partial charge is 0.416 e. The molecule has 2 aromatic rings. The van der Waals surface area contributed by atoms with Crippen LogP contribution in [0.4, 0.5) is 10.6 Å². The number of β-amino-alcohol motifs (C(OH)–C–C–N with tert-alkyl or cyclic N) is 1. The molecule has 3 aliphatic rings. The Kier molecular flexibility index (Phi) is 6.21. The van der Waals surface area contributed by atoms with Gasteiger partial charge in [0.25, 0.3) is 0 Å². The maximum atomic E-state index is 12.6. The number of anilines is 1. The number of carbonyl (C=O) groups is 2. The van der Waals surface area contributed by atoms with Crippen LogP contribution in [0.2, 0.25) is 0 Å². The van der Waals surface area contributed by atoms with E-state index in [-0.39, 0.29) is 29.2 Å². The zero-order chi connectivity index (χ0) is 25.7. The van der Waals surface area contributed by atoms with E-state index in [0.29, 0.717) is 44.6 Å². The topological polar surface area (TPSA) is 139 Å². The molecule has 2 fully saturated rings. The van der Waals surface area contributed by atoms with Crippen LogP contribution in [0.1, 0.15) is 52.9 Å². The van der Waals surface area contributed by atoms with Crippen molar-refractivity contribution in [1.29, 1.82) is 0 Å². The molecular weight excluding hydrogens is 488 g/mol. The highest BCUT2D eigenvalue weighted by Crippen LogP contribution is 2.36. The quantitative estimate of drug-likeness (QED) is 0.565. The van der Waals surface area contributed by atoms with Crippen molar-refractivity contribution in [2.45, 2.75) is 50.0 Å². The maximum absolute atomic E-state index is 12.6. The molecule has 0 aliphatic carbocycles. The predicted octanol–water partition coefficient (Wildman–Crippen LogP) is 1.77. The van der Waals surface area contributed by atoms with Gasteiger partial charge in [-0.15, -0.1) is 0 Å². The second-order valence-electron chi connectivity index (χ2n) is 9.45. The minimum Gasteiger partial charge on any atom is -0.457 e. The Bertz CT molecular complexity index is 1300. The molecule has 5 rings (SSSR count). The van der Waals surface area contributed by atoms with Gasteiger partial charge < -0.3 is 19.5 Å². The molecule has 0 bridgehead atoms. The van der Waals surface area contributed by atoms with Crippen molar-refractivity contribution in [1.82, 2.24) is 14.9 Å². The number of rotatable bonds is 6. The molecule has 0 radical (unpaired) electrons. The first-order chi connectivity index (χ1) is 17.1. The van der Waals surface area contributed by atoms with Crippen LogP contribution >= 0.6 is 0 Å². The highest BCUT2D eigenvalue weighted by Gasteiger charge is 2.48. The van der Waals surface area contributed by atoms with Gasteiger partial charge in [-0.2, -0.15) is 0 Å². The molecule has 12 heteroatoms. The highest BCUT2D eigenvalue weighted by atomic mass is 32.2. The van der Waals surface area contributed by atoms with Crippen LogP contribution in [0.15, 0.2) is 29.6 Å². The Balaban J connectivity index is 1.21. The third kappa shape index (κ3) is 4.33. The van der Waals surface area contributed by atoms with Crippen molar-refractivity contribution in [3.63, 3.8) is 0 Å². The number of ether oxygens (including phenoxy) is 2. The maximum Gasteiger partial charge on any atom is 0.416 e. The number of hydrogen-bond acceptors (Lipinski definition) is 10. The molecule has 4 heterocycles. The molecule has 1 amide bonds. The fourth-order valence-electron chi connectivity index (χ4n) is 5.03. The standard InChI is InChI=1S/C24H28N4O7S/c1-3-36(32,33)21-11-25-20(10-26-21)28-14-24(35-23(28)31)6-8-27(9-7-24)12-19(29)16-4-5-17-18(15(16)2)13-34-22(17)30/h4-5,10-11,19,29H,3,6-9,12-14H2,1-2H3. The number of cyclic esters (lactones) is 1. The summed E-state index contributed by atoms with van der Waals surface area (Å²) >= 11 is 0. The number of nitrogens with zero attached hydrogens (tertiary/aromatic N) is 4. The predicted molar refractivity (Wildman–Crippen MR) is 127 cm³/mol. The molecule has 1 aromatic carbocycles. The Morgan fingerprint density at radius 3 is 2.58 bits per heavy atom. The van der Waals surface area contributed by atoms with Crippen LogP contribution in [0, 0.1) is 6.92 Å². The summed E-state index contributed by atoms with van der Waals surface area (Å²) in [6.45, 7) is 5.63. The molecule has 36 heavy (non-hydrogen) atoms. The summed E-state index contributed by atoms with van der Waals surface area (Å²) < 4.78 is 34.8. The molecule has 0 saturated carbocycles. The van der Waals surface area contributed by atoms with E-state index in [1.165, 1.54) is 24.2 Å². The Morgan fingerprint density at radius 2 is 1.92 bits per heavy atom. The molecule has 3 aliphatic heterocycles. The first-order valence-corrected chi connectivity index (χ1v) is 13.5.